The lowest BCUT2D eigenvalue weighted by atomic mass is 9.99. The van der Waals surface area contributed by atoms with Crippen LogP contribution in [0.25, 0.3) is 33.3 Å². The fourth-order valence-corrected chi connectivity index (χ4v) is 4.28. The molecule has 0 radical (unpaired) electrons. The first kappa shape index (κ1) is 23.3. The van der Waals surface area contributed by atoms with E-state index in [9.17, 15) is 9.59 Å². The predicted octanol–water partition coefficient (Wildman–Crippen LogP) is 6.84. The second-order valence-corrected chi connectivity index (χ2v) is 8.81. The SMILES string of the molecule is CCC(OC(=O)c1cccc2cccc(-c3nc4ccccc4o3)c12)C(=O)Nc1cc(C)ccc1C. The van der Waals surface area contributed by atoms with Crippen molar-refractivity contribution in [2.45, 2.75) is 33.3 Å². The maximum Gasteiger partial charge on any atom is 0.339 e. The lowest BCUT2D eigenvalue weighted by Gasteiger charge is -2.18. The van der Waals surface area contributed by atoms with Crippen LogP contribution >= 0.6 is 0 Å². The largest absolute Gasteiger partial charge is 0.449 e. The number of ether oxygens (including phenoxy) is 1. The first-order valence-corrected chi connectivity index (χ1v) is 11.9. The van der Waals surface area contributed by atoms with Gasteiger partial charge in [-0.2, -0.15) is 0 Å². The minimum atomic E-state index is -0.941. The smallest absolute Gasteiger partial charge is 0.339 e. The Labute approximate surface area is 208 Å². The van der Waals surface area contributed by atoms with Gasteiger partial charge >= 0.3 is 5.97 Å². The van der Waals surface area contributed by atoms with Crippen molar-refractivity contribution in [2.24, 2.45) is 0 Å². The molecule has 0 spiro atoms. The number of fused-ring (bicyclic) bond motifs is 2. The molecule has 1 unspecified atom stereocenters. The average Bonchev–Trinajstić information content (AvgIpc) is 3.32. The molecule has 4 aromatic carbocycles. The van der Waals surface area contributed by atoms with Gasteiger partial charge in [-0.05, 0) is 67.1 Å². The summed E-state index contributed by atoms with van der Waals surface area (Å²) >= 11 is 0. The third kappa shape index (κ3) is 4.45. The molecule has 0 saturated heterocycles. The van der Waals surface area contributed by atoms with Gasteiger partial charge < -0.3 is 14.5 Å². The molecule has 5 rings (SSSR count). The summed E-state index contributed by atoms with van der Waals surface area (Å²) in [5, 5.41) is 4.42. The number of amides is 1. The molecule has 0 aliphatic heterocycles. The number of nitrogens with one attached hydrogen (secondary N) is 1. The Kier molecular flexibility index (Phi) is 6.25. The summed E-state index contributed by atoms with van der Waals surface area (Å²) in [6.45, 7) is 5.70. The Hall–Kier alpha value is -4.45. The summed E-state index contributed by atoms with van der Waals surface area (Å²) < 4.78 is 11.7. The van der Waals surface area contributed by atoms with Gasteiger partial charge in [-0.15, -0.1) is 0 Å². The number of aryl methyl sites for hydroxylation is 2. The van der Waals surface area contributed by atoms with Crippen LogP contribution in [0, 0.1) is 13.8 Å². The summed E-state index contributed by atoms with van der Waals surface area (Å²) in [7, 11) is 0. The van der Waals surface area contributed by atoms with Gasteiger partial charge in [-0.25, -0.2) is 9.78 Å². The fourth-order valence-electron chi connectivity index (χ4n) is 4.28. The number of para-hydroxylation sites is 2. The molecule has 6 heteroatoms. The normalized spacial score (nSPS) is 12.0. The zero-order valence-electron chi connectivity index (χ0n) is 20.4. The number of esters is 1. The number of carbonyl (C=O) groups excluding carboxylic acids is 2. The number of oxazole rings is 1. The van der Waals surface area contributed by atoms with Crippen LogP contribution in [0.4, 0.5) is 5.69 Å². The maximum absolute atomic E-state index is 13.4. The van der Waals surface area contributed by atoms with Crippen molar-refractivity contribution in [2.75, 3.05) is 5.32 Å². The van der Waals surface area contributed by atoms with Crippen LogP contribution in [0.2, 0.25) is 0 Å². The summed E-state index contributed by atoms with van der Waals surface area (Å²) in [5.74, 6) is -0.521. The van der Waals surface area contributed by atoms with Crippen molar-refractivity contribution >= 4 is 39.4 Å². The molecule has 1 atom stereocenters. The number of hydrogen-bond donors (Lipinski definition) is 1. The summed E-state index contributed by atoms with van der Waals surface area (Å²) in [4.78, 5) is 31.0. The Morgan fingerprint density at radius 2 is 1.75 bits per heavy atom. The van der Waals surface area contributed by atoms with Crippen molar-refractivity contribution in [1.29, 1.82) is 0 Å². The molecule has 0 fully saturated rings. The number of aromatic nitrogens is 1. The van der Waals surface area contributed by atoms with E-state index >= 15 is 0 Å². The average molecular weight is 479 g/mol. The highest BCUT2D eigenvalue weighted by Gasteiger charge is 2.25. The quantitative estimate of drug-likeness (QED) is 0.270. The number of nitrogens with zero attached hydrogens (tertiary/aromatic N) is 1. The van der Waals surface area contributed by atoms with Gasteiger partial charge in [0.05, 0.1) is 5.56 Å². The zero-order chi connectivity index (χ0) is 25.2. The van der Waals surface area contributed by atoms with Crippen molar-refractivity contribution in [3.63, 3.8) is 0 Å². The Balaban J connectivity index is 1.48. The molecule has 0 aliphatic rings. The topological polar surface area (TPSA) is 81.4 Å². The third-order valence-electron chi connectivity index (χ3n) is 6.21. The second kappa shape index (κ2) is 9.66. The van der Waals surface area contributed by atoms with Crippen LogP contribution < -0.4 is 5.32 Å². The number of hydrogen-bond acceptors (Lipinski definition) is 5. The van der Waals surface area contributed by atoms with Crippen LogP contribution in [0.1, 0.15) is 34.8 Å². The van der Waals surface area contributed by atoms with E-state index in [1.165, 1.54) is 0 Å². The van der Waals surface area contributed by atoms with E-state index in [-0.39, 0.29) is 5.91 Å². The molecule has 1 N–H and O–H groups in total. The van der Waals surface area contributed by atoms with Crippen molar-refractivity contribution in [1.82, 2.24) is 4.98 Å². The molecule has 0 bridgehead atoms. The van der Waals surface area contributed by atoms with Crippen LogP contribution in [-0.2, 0) is 9.53 Å². The predicted molar refractivity (Wildman–Crippen MR) is 141 cm³/mol. The molecule has 180 valence electrons. The highest BCUT2D eigenvalue weighted by molar-refractivity contribution is 6.11. The van der Waals surface area contributed by atoms with Gasteiger partial charge in [-0.1, -0.05) is 55.5 Å². The number of carbonyl (C=O) groups is 2. The molecule has 0 saturated carbocycles. The number of benzene rings is 4. The van der Waals surface area contributed by atoms with E-state index in [0.29, 0.717) is 40.1 Å². The first-order valence-electron chi connectivity index (χ1n) is 11.9. The molecule has 36 heavy (non-hydrogen) atoms. The van der Waals surface area contributed by atoms with E-state index in [0.717, 1.165) is 22.0 Å². The minimum absolute atomic E-state index is 0.338. The first-order chi connectivity index (χ1) is 17.4. The molecule has 1 amide bonds. The zero-order valence-corrected chi connectivity index (χ0v) is 20.4. The molecule has 0 aliphatic carbocycles. The Morgan fingerprint density at radius 3 is 2.53 bits per heavy atom. The Morgan fingerprint density at radius 1 is 0.972 bits per heavy atom. The van der Waals surface area contributed by atoms with Crippen molar-refractivity contribution < 1.29 is 18.7 Å². The molecule has 6 nitrogen and oxygen atoms in total. The van der Waals surface area contributed by atoms with Crippen LogP contribution in [0.5, 0.6) is 0 Å². The fraction of sp³-hybridized carbons (Fsp3) is 0.167. The minimum Gasteiger partial charge on any atom is -0.449 e. The van der Waals surface area contributed by atoms with Gasteiger partial charge in [0.1, 0.15) is 5.52 Å². The van der Waals surface area contributed by atoms with Gasteiger partial charge in [0.25, 0.3) is 5.91 Å². The monoisotopic (exact) mass is 478 g/mol. The molecule has 5 aromatic rings. The second-order valence-electron chi connectivity index (χ2n) is 8.81. The summed E-state index contributed by atoms with van der Waals surface area (Å²) in [6, 6.07) is 24.5. The van der Waals surface area contributed by atoms with Gasteiger partial charge in [0.15, 0.2) is 11.7 Å². The third-order valence-corrected chi connectivity index (χ3v) is 6.21. The Bertz CT molecular complexity index is 1560. The van der Waals surface area contributed by atoms with Gasteiger partial charge in [0.2, 0.25) is 5.89 Å². The van der Waals surface area contributed by atoms with E-state index in [1.807, 2.05) is 87.5 Å². The molecular weight excluding hydrogens is 452 g/mol. The van der Waals surface area contributed by atoms with Crippen LogP contribution in [0.3, 0.4) is 0 Å². The lowest BCUT2D eigenvalue weighted by Crippen LogP contribution is -2.32. The van der Waals surface area contributed by atoms with Crippen molar-refractivity contribution in [3.8, 4) is 11.5 Å². The maximum atomic E-state index is 13.4. The lowest BCUT2D eigenvalue weighted by molar-refractivity contribution is -0.124. The number of rotatable bonds is 6. The highest BCUT2D eigenvalue weighted by atomic mass is 16.5. The summed E-state index contributed by atoms with van der Waals surface area (Å²) in [6.07, 6.45) is -0.602. The van der Waals surface area contributed by atoms with Crippen molar-refractivity contribution in [3.05, 3.63) is 95.6 Å². The van der Waals surface area contributed by atoms with E-state index < -0.39 is 12.1 Å². The molecule has 1 heterocycles. The van der Waals surface area contributed by atoms with Crippen LogP contribution in [0.15, 0.2) is 83.3 Å². The van der Waals surface area contributed by atoms with E-state index in [2.05, 4.69) is 10.3 Å². The highest BCUT2D eigenvalue weighted by Crippen LogP contribution is 2.33. The van der Waals surface area contributed by atoms with Gasteiger partial charge in [-0.3, -0.25) is 4.79 Å². The van der Waals surface area contributed by atoms with E-state index in [4.69, 9.17) is 9.15 Å². The number of anilines is 1. The summed E-state index contributed by atoms with van der Waals surface area (Å²) in [5.41, 5.74) is 5.11. The molecular formula is C30H26N2O4. The molecule has 1 aromatic heterocycles. The van der Waals surface area contributed by atoms with Gasteiger partial charge in [0, 0.05) is 16.6 Å². The van der Waals surface area contributed by atoms with Crippen LogP contribution in [-0.4, -0.2) is 23.0 Å². The van der Waals surface area contributed by atoms with E-state index in [1.54, 1.807) is 12.1 Å². The standard InChI is InChI=1S/C30H26N2O4/c1-4-25(28(33)31-24-17-18(2)15-16-19(24)3)36-30(34)22-12-8-10-20-9-7-11-21(27(20)22)29-32-23-13-5-6-14-26(23)35-29/h5-17,25H,4H2,1-3H3,(H,31,33).